The fourth-order valence-electron chi connectivity index (χ4n) is 1.39. The predicted molar refractivity (Wildman–Crippen MR) is 52.1 cm³/mol. The first kappa shape index (κ1) is 11.9. The predicted octanol–water partition coefficient (Wildman–Crippen LogP) is 2.81. The van der Waals surface area contributed by atoms with E-state index in [2.05, 4.69) is 27.7 Å². The molecular formula is C10H24NO+. The van der Waals surface area contributed by atoms with Crippen molar-refractivity contribution in [3.63, 3.8) is 0 Å². The summed E-state index contributed by atoms with van der Waals surface area (Å²) in [4.78, 5) is 0. The molecule has 0 fully saturated rings. The maximum atomic E-state index is 10.2. The van der Waals surface area contributed by atoms with Crippen LogP contribution in [0.5, 0.6) is 0 Å². The summed E-state index contributed by atoms with van der Waals surface area (Å²) >= 11 is 0. The van der Waals surface area contributed by atoms with E-state index >= 15 is 0 Å². The number of hydrogen-bond acceptors (Lipinski definition) is 1. The summed E-state index contributed by atoms with van der Waals surface area (Å²) in [5, 5.41) is 10.2. The van der Waals surface area contributed by atoms with Gasteiger partial charge in [0, 0.05) is 0 Å². The van der Waals surface area contributed by atoms with Gasteiger partial charge in [0.2, 0.25) is 0 Å². The van der Waals surface area contributed by atoms with E-state index in [1.165, 1.54) is 0 Å². The van der Waals surface area contributed by atoms with Crippen molar-refractivity contribution in [3.05, 3.63) is 0 Å². The van der Waals surface area contributed by atoms with Gasteiger partial charge in [-0.1, -0.05) is 13.3 Å². The summed E-state index contributed by atoms with van der Waals surface area (Å²) in [6.45, 7) is 12.1. The monoisotopic (exact) mass is 174 g/mol. The van der Waals surface area contributed by atoms with E-state index in [1.807, 2.05) is 6.92 Å². The molecule has 12 heavy (non-hydrogen) atoms. The maximum absolute atomic E-state index is 10.2. The Morgan fingerprint density at radius 3 is 1.92 bits per heavy atom. The minimum Gasteiger partial charge on any atom is -0.217 e. The highest BCUT2D eigenvalue weighted by molar-refractivity contribution is 4.59. The zero-order valence-corrected chi connectivity index (χ0v) is 9.22. The van der Waals surface area contributed by atoms with Crippen molar-refractivity contribution >= 4 is 0 Å². The van der Waals surface area contributed by atoms with E-state index in [4.69, 9.17) is 0 Å². The van der Waals surface area contributed by atoms with Gasteiger partial charge >= 0.3 is 0 Å². The third kappa shape index (κ3) is 2.76. The summed E-state index contributed by atoms with van der Waals surface area (Å²) in [6.07, 6.45) is 2.25. The molecule has 0 aliphatic heterocycles. The molecule has 0 bridgehead atoms. The van der Waals surface area contributed by atoms with Crippen LogP contribution in [0.4, 0.5) is 0 Å². The van der Waals surface area contributed by atoms with Crippen LogP contribution in [0.25, 0.3) is 0 Å². The van der Waals surface area contributed by atoms with Gasteiger partial charge in [0.05, 0.1) is 0 Å². The zero-order valence-electron chi connectivity index (χ0n) is 9.22. The maximum Gasteiger partial charge on any atom is 0.120 e. The number of rotatable bonds is 4. The molecule has 1 N–H and O–H groups in total. The van der Waals surface area contributed by atoms with Gasteiger partial charge in [-0.3, -0.25) is 0 Å². The van der Waals surface area contributed by atoms with Crippen LogP contribution >= 0.6 is 0 Å². The molecule has 0 saturated carbocycles. The van der Waals surface area contributed by atoms with E-state index in [-0.39, 0.29) is 10.2 Å². The topological polar surface area (TPSA) is 20.2 Å². The van der Waals surface area contributed by atoms with Crippen LogP contribution in [-0.2, 0) is 0 Å². The molecule has 0 radical (unpaired) electrons. The Labute approximate surface area is 76.7 Å². The van der Waals surface area contributed by atoms with Crippen LogP contribution in [0.3, 0.4) is 0 Å². The molecule has 1 atom stereocenters. The molecule has 0 aromatic heterocycles. The highest BCUT2D eigenvalue weighted by Crippen LogP contribution is 2.21. The number of unbranched alkanes of at least 4 members (excludes halogenated alkanes) is 1. The molecular weight excluding hydrogens is 150 g/mol. The molecule has 1 unspecified atom stereocenters. The lowest BCUT2D eigenvalue weighted by Crippen LogP contribution is -2.58. The SMILES string of the molecule is CCCC[N+](O)(CC)C(C)(C)C. The molecule has 0 heterocycles. The van der Waals surface area contributed by atoms with Gasteiger partial charge < -0.3 is 0 Å². The molecule has 0 saturated heterocycles. The van der Waals surface area contributed by atoms with Crippen molar-refractivity contribution in [3.8, 4) is 0 Å². The van der Waals surface area contributed by atoms with Gasteiger partial charge in [0.25, 0.3) is 0 Å². The van der Waals surface area contributed by atoms with E-state index in [9.17, 15) is 5.21 Å². The van der Waals surface area contributed by atoms with Gasteiger partial charge in [-0.25, -0.2) is 5.21 Å². The van der Waals surface area contributed by atoms with Gasteiger partial charge in [-0.2, -0.15) is 4.65 Å². The molecule has 0 aromatic rings. The fraction of sp³-hybridized carbons (Fsp3) is 1.00. The number of quaternary nitrogens is 1. The minimum atomic E-state index is -0.0517. The molecule has 2 nitrogen and oxygen atoms in total. The Morgan fingerprint density at radius 2 is 1.67 bits per heavy atom. The molecule has 0 aliphatic carbocycles. The summed E-state index contributed by atoms with van der Waals surface area (Å²) < 4.78 is 0.195. The van der Waals surface area contributed by atoms with E-state index in [0.29, 0.717) is 0 Å². The molecule has 0 aliphatic rings. The van der Waals surface area contributed by atoms with Crippen molar-refractivity contribution < 1.29 is 9.85 Å². The van der Waals surface area contributed by atoms with E-state index in [1.54, 1.807) is 0 Å². The van der Waals surface area contributed by atoms with Crippen LogP contribution in [-0.4, -0.2) is 28.5 Å². The zero-order chi connectivity index (χ0) is 9.83. The number of nitrogens with zero attached hydrogens (tertiary/aromatic N) is 1. The largest absolute Gasteiger partial charge is 0.217 e. The van der Waals surface area contributed by atoms with Crippen LogP contribution in [0.15, 0.2) is 0 Å². The Morgan fingerprint density at radius 1 is 1.17 bits per heavy atom. The quantitative estimate of drug-likeness (QED) is 0.513. The summed E-state index contributed by atoms with van der Waals surface area (Å²) in [5.41, 5.74) is -0.0517. The van der Waals surface area contributed by atoms with E-state index in [0.717, 1.165) is 25.9 Å². The van der Waals surface area contributed by atoms with Crippen LogP contribution in [0.2, 0.25) is 0 Å². The van der Waals surface area contributed by atoms with Crippen LogP contribution in [0, 0.1) is 0 Å². The summed E-state index contributed by atoms with van der Waals surface area (Å²) in [6, 6.07) is 0. The Kier molecular flexibility index (Phi) is 4.21. The lowest BCUT2D eigenvalue weighted by atomic mass is 10.0. The normalized spacial score (nSPS) is 17.5. The lowest BCUT2D eigenvalue weighted by molar-refractivity contribution is -1.13. The Hall–Kier alpha value is -0.0800. The van der Waals surface area contributed by atoms with Crippen molar-refractivity contribution in [1.29, 1.82) is 0 Å². The third-order valence-corrected chi connectivity index (χ3v) is 2.65. The first-order valence-electron chi connectivity index (χ1n) is 4.97. The second-order valence-electron chi connectivity index (χ2n) is 4.49. The van der Waals surface area contributed by atoms with Gasteiger partial charge in [-0.15, -0.1) is 0 Å². The highest BCUT2D eigenvalue weighted by Gasteiger charge is 2.37. The molecule has 74 valence electrons. The molecule has 0 rings (SSSR count). The minimum absolute atomic E-state index is 0.0517. The van der Waals surface area contributed by atoms with Crippen LogP contribution in [0.1, 0.15) is 47.5 Å². The second kappa shape index (κ2) is 4.24. The molecule has 0 spiro atoms. The van der Waals surface area contributed by atoms with Crippen LogP contribution < -0.4 is 0 Å². The van der Waals surface area contributed by atoms with Crippen molar-refractivity contribution in [2.45, 2.75) is 53.0 Å². The van der Waals surface area contributed by atoms with E-state index < -0.39 is 0 Å². The molecule has 2 heteroatoms. The van der Waals surface area contributed by atoms with Crippen molar-refractivity contribution in [2.75, 3.05) is 13.1 Å². The average Bonchev–Trinajstić information content (AvgIpc) is 1.98. The Bertz CT molecular complexity index is 128. The van der Waals surface area contributed by atoms with Crippen molar-refractivity contribution in [1.82, 2.24) is 0 Å². The van der Waals surface area contributed by atoms with Gasteiger partial charge in [0.1, 0.15) is 18.6 Å². The third-order valence-electron chi connectivity index (χ3n) is 2.65. The molecule has 0 amide bonds. The number of hydroxylamine groups is 3. The van der Waals surface area contributed by atoms with Gasteiger partial charge in [0.15, 0.2) is 0 Å². The lowest BCUT2D eigenvalue weighted by Gasteiger charge is -2.40. The van der Waals surface area contributed by atoms with Crippen molar-refractivity contribution in [2.24, 2.45) is 0 Å². The Balaban J connectivity index is 4.24. The highest BCUT2D eigenvalue weighted by atomic mass is 16.5. The first-order chi connectivity index (χ1) is 5.37. The molecule has 0 aromatic carbocycles. The number of hydrogen-bond donors (Lipinski definition) is 1. The second-order valence-corrected chi connectivity index (χ2v) is 4.49. The smallest absolute Gasteiger partial charge is 0.120 e. The standard InChI is InChI=1S/C10H24NO/c1-6-8-9-11(12,7-2)10(3,4)5/h12H,6-9H2,1-5H3/q+1. The first-order valence-corrected chi connectivity index (χ1v) is 4.97. The fourth-order valence-corrected chi connectivity index (χ4v) is 1.39. The average molecular weight is 174 g/mol. The summed E-state index contributed by atoms with van der Waals surface area (Å²) in [5.74, 6) is 0. The summed E-state index contributed by atoms with van der Waals surface area (Å²) in [7, 11) is 0. The van der Waals surface area contributed by atoms with Gasteiger partial charge in [-0.05, 0) is 34.1 Å².